The number of hydrogen-bond acceptors (Lipinski definition) is 7. The second-order valence-electron chi connectivity index (χ2n) is 11.9. The highest BCUT2D eigenvalue weighted by molar-refractivity contribution is 6.00. The molecule has 202 valence electrons. The predicted molar refractivity (Wildman–Crippen MR) is 150 cm³/mol. The van der Waals surface area contributed by atoms with E-state index in [-0.39, 0.29) is 17.4 Å². The third kappa shape index (κ3) is 3.73. The van der Waals surface area contributed by atoms with E-state index in [1.807, 2.05) is 31.3 Å². The highest BCUT2D eigenvalue weighted by Crippen LogP contribution is 2.40. The molecule has 4 aliphatic heterocycles. The molecule has 4 aromatic rings. The van der Waals surface area contributed by atoms with Crippen LogP contribution in [-0.2, 0) is 0 Å². The van der Waals surface area contributed by atoms with Gasteiger partial charge < -0.3 is 19.9 Å². The van der Waals surface area contributed by atoms with Crippen molar-refractivity contribution in [2.24, 2.45) is 0 Å². The highest BCUT2D eigenvalue weighted by Gasteiger charge is 2.45. The molecule has 8 rings (SSSR count). The summed E-state index contributed by atoms with van der Waals surface area (Å²) in [6.45, 7) is 6.49. The van der Waals surface area contributed by atoms with Crippen LogP contribution in [0.15, 0.2) is 30.6 Å². The molecule has 0 aliphatic carbocycles. The number of piperazine rings is 1. The number of nitrogens with one attached hydrogen (secondary N) is 2. The molecule has 4 fully saturated rings. The lowest BCUT2D eigenvalue weighted by Crippen LogP contribution is -2.51. The third-order valence-corrected chi connectivity index (χ3v) is 9.64. The monoisotopic (exact) mass is 527 g/mol. The molecule has 4 saturated heterocycles. The Labute approximate surface area is 227 Å². The summed E-state index contributed by atoms with van der Waals surface area (Å²) >= 11 is 0. The lowest BCUT2D eigenvalue weighted by molar-refractivity contribution is 0.108. The molecule has 3 aromatic heterocycles. The molecule has 0 radical (unpaired) electrons. The number of aryl methyl sites for hydroxylation is 1. The van der Waals surface area contributed by atoms with Crippen LogP contribution in [0.5, 0.6) is 6.01 Å². The van der Waals surface area contributed by atoms with Gasteiger partial charge in [-0.1, -0.05) is 6.07 Å². The average Bonchev–Trinajstić information content (AvgIpc) is 3.71. The van der Waals surface area contributed by atoms with Gasteiger partial charge in [0.2, 0.25) is 0 Å². The van der Waals surface area contributed by atoms with E-state index in [1.54, 1.807) is 6.20 Å². The number of anilines is 1. The molecule has 0 amide bonds. The second kappa shape index (κ2) is 8.86. The Kier molecular flexibility index (Phi) is 5.35. The number of aromatic amines is 1. The van der Waals surface area contributed by atoms with E-state index in [4.69, 9.17) is 14.7 Å². The van der Waals surface area contributed by atoms with Crippen LogP contribution in [-0.4, -0.2) is 75.2 Å². The number of fused-ring (bicyclic) bond motifs is 5. The molecule has 9 heteroatoms. The maximum atomic E-state index is 16.5. The molecular weight excluding hydrogens is 493 g/mol. The van der Waals surface area contributed by atoms with Crippen molar-refractivity contribution in [3.05, 3.63) is 42.1 Å². The lowest BCUT2D eigenvalue weighted by atomic mass is 9.95. The maximum Gasteiger partial charge on any atom is 0.319 e. The predicted octanol–water partition coefficient (Wildman–Crippen LogP) is 4.57. The Morgan fingerprint density at radius 2 is 1.85 bits per heavy atom. The number of ether oxygens (including phenoxy) is 1. The minimum atomic E-state index is -0.343. The van der Waals surface area contributed by atoms with Gasteiger partial charge in [0.25, 0.3) is 0 Å². The molecule has 2 bridgehead atoms. The summed E-state index contributed by atoms with van der Waals surface area (Å²) in [6, 6.07) is 6.93. The zero-order valence-electron chi connectivity index (χ0n) is 22.3. The van der Waals surface area contributed by atoms with Crippen molar-refractivity contribution in [2.75, 3.05) is 37.7 Å². The number of nitrogens with zero attached hydrogens (tertiary/aromatic N) is 5. The SMILES string of the molecule is Cc1nccc2[nH]cc(-c3ccc4c(N5C[C@H]6CC[C@@H](C5)N6)nc(OCC56CCCN5CCC6)nc4c3F)c12. The van der Waals surface area contributed by atoms with Gasteiger partial charge in [-0.15, -0.1) is 0 Å². The fourth-order valence-electron chi connectivity index (χ4n) is 7.73. The molecule has 8 nitrogen and oxygen atoms in total. The Balaban J connectivity index is 1.24. The zero-order chi connectivity index (χ0) is 26.1. The summed E-state index contributed by atoms with van der Waals surface area (Å²) < 4.78 is 22.9. The number of benzene rings is 1. The Hall–Kier alpha value is -3.30. The molecule has 0 spiro atoms. The molecule has 2 atom stereocenters. The van der Waals surface area contributed by atoms with Crippen molar-refractivity contribution in [2.45, 2.75) is 63.1 Å². The van der Waals surface area contributed by atoms with E-state index in [2.05, 4.69) is 25.1 Å². The number of H-pyrrole nitrogens is 1. The smallest absolute Gasteiger partial charge is 0.319 e. The van der Waals surface area contributed by atoms with Gasteiger partial charge in [0.15, 0.2) is 5.82 Å². The highest BCUT2D eigenvalue weighted by atomic mass is 19.1. The largest absolute Gasteiger partial charge is 0.461 e. The maximum absolute atomic E-state index is 16.5. The molecular formula is C30H34FN7O. The first-order valence-corrected chi connectivity index (χ1v) is 14.4. The summed E-state index contributed by atoms with van der Waals surface area (Å²) in [6.07, 6.45) is 10.7. The van der Waals surface area contributed by atoms with Crippen molar-refractivity contribution in [3.8, 4) is 17.1 Å². The van der Waals surface area contributed by atoms with Crippen LogP contribution < -0.4 is 15.0 Å². The van der Waals surface area contributed by atoms with Gasteiger partial charge in [-0.05, 0) is 70.7 Å². The fourth-order valence-corrected chi connectivity index (χ4v) is 7.73. The number of rotatable bonds is 5. The third-order valence-electron chi connectivity index (χ3n) is 9.64. The van der Waals surface area contributed by atoms with Gasteiger partial charge in [0, 0.05) is 70.7 Å². The molecule has 0 unspecified atom stereocenters. The normalized spacial score (nSPS) is 24.2. The fraction of sp³-hybridized carbons (Fsp3) is 0.500. The summed E-state index contributed by atoms with van der Waals surface area (Å²) in [5, 5.41) is 5.36. The van der Waals surface area contributed by atoms with Gasteiger partial charge in [-0.25, -0.2) is 4.39 Å². The van der Waals surface area contributed by atoms with Crippen molar-refractivity contribution >= 4 is 27.6 Å². The zero-order valence-corrected chi connectivity index (χ0v) is 22.3. The van der Waals surface area contributed by atoms with Gasteiger partial charge in [0.05, 0.1) is 5.54 Å². The summed E-state index contributed by atoms with van der Waals surface area (Å²) in [4.78, 5) is 22.3. The minimum Gasteiger partial charge on any atom is -0.461 e. The van der Waals surface area contributed by atoms with E-state index in [0.717, 1.165) is 72.4 Å². The molecule has 7 heterocycles. The lowest BCUT2D eigenvalue weighted by Gasteiger charge is -2.34. The van der Waals surface area contributed by atoms with Gasteiger partial charge in [0.1, 0.15) is 17.9 Å². The molecule has 2 N–H and O–H groups in total. The molecule has 1 aromatic carbocycles. The van der Waals surface area contributed by atoms with E-state index in [0.29, 0.717) is 29.8 Å². The summed E-state index contributed by atoms with van der Waals surface area (Å²) in [5.74, 6) is 0.438. The number of hydrogen-bond donors (Lipinski definition) is 2. The van der Waals surface area contributed by atoms with Crippen LogP contribution in [0.25, 0.3) is 32.9 Å². The summed E-state index contributed by atoms with van der Waals surface area (Å²) in [5.41, 5.74) is 3.51. The van der Waals surface area contributed by atoms with E-state index < -0.39 is 0 Å². The van der Waals surface area contributed by atoms with Gasteiger partial charge in [-0.2, -0.15) is 9.97 Å². The van der Waals surface area contributed by atoms with Gasteiger partial charge >= 0.3 is 6.01 Å². The van der Waals surface area contributed by atoms with Crippen molar-refractivity contribution < 1.29 is 9.13 Å². The molecule has 0 saturated carbocycles. The van der Waals surface area contributed by atoms with Gasteiger partial charge in [-0.3, -0.25) is 9.88 Å². The van der Waals surface area contributed by atoms with Crippen molar-refractivity contribution in [3.63, 3.8) is 0 Å². The number of pyridine rings is 1. The van der Waals surface area contributed by atoms with Crippen LogP contribution in [0.2, 0.25) is 0 Å². The van der Waals surface area contributed by atoms with Crippen LogP contribution in [0.4, 0.5) is 10.2 Å². The van der Waals surface area contributed by atoms with E-state index in [1.165, 1.54) is 25.7 Å². The minimum absolute atomic E-state index is 0.0710. The van der Waals surface area contributed by atoms with Crippen LogP contribution in [0.3, 0.4) is 0 Å². The van der Waals surface area contributed by atoms with E-state index in [9.17, 15) is 0 Å². The topological polar surface area (TPSA) is 82.2 Å². The Morgan fingerprint density at radius 3 is 2.64 bits per heavy atom. The van der Waals surface area contributed by atoms with Crippen LogP contribution in [0, 0.1) is 12.7 Å². The summed E-state index contributed by atoms with van der Waals surface area (Å²) in [7, 11) is 0. The van der Waals surface area contributed by atoms with Crippen molar-refractivity contribution in [1.29, 1.82) is 0 Å². The second-order valence-corrected chi connectivity index (χ2v) is 11.9. The van der Waals surface area contributed by atoms with Crippen molar-refractivity contribution in [1.82, 2.24) is 30.2 Å². The first-order chi connectivity index (χ1) is 19.1. The first-order valence-electron chi connectivity index (χ1n) is 14.4. The molecule has 4 aliphatic rings. The number of aromatic nitrogens is 4. The first kappa shape index (κ1) is 23.6. The average molecular weight is 528 g/mol. The van der Waals surface area contributed by atoms with E-state index >= 15 is 4.39 Å². The molecule has 39 heavy (non-hydrogen) atoms. The Bertz CT molecular complexity index is 1560. The quantitative estimate of drug-likeness (QED) is 0.394. The van der Waals surface area contributed by atoms with Crippen LogP contribution in [0.1, 0.15) is 44.2 Å². The number of halogens is 1. The Morgan fingerprint density at radius 1 is 1.05 bits per heavy atom. The standard InChI is InChI=1S/C30H34FN7O/c1-18-25-23(14-33-24(25)8-11-32-18)21-6-7-22-27(26(21)31)35-29(39-17-30-9-2-12-38(30)13-3-10-30)36-28(22)37-15-19-4-5-20(16-37)34-19/h6-8,11,14,19-20,33-34H,2-5,9-10,12-13,15-17H2,1H3/t19-,20+. The van der Waals surface area contributed by atoms with Crippen LogP contribution >= 0.6 is 0 Å².